The number of carbonyl (C=O) groups excluding carboxylic acids is 1. The number of piperazine rings is 1. The first-order valence-electron chi connectivity index (χ1n) is 10.3. The Kier molecular flexibility index (Phi) is 5.77. The molecular formula is C22H26FN3O3S. The molecule has 3 heterocycles. The minimum absolute atomic E-state index is 0.00394. The van der Waals surface area contributed by atoms with E-state index in [9.17, 15) is 17.6 Å². The summed E-state index contributed by atoms with van der Waals surface area (Å²) in [7, 11) is -3.03. The van der Waals surface area contributed by atoms with Crippen molar-refractivity contribution >= 4 is 21.6 Å². The van der Waals surface area contributed by atoms with Crippen molar-refractivity contribution in [2.45, 2.75) is 25.8 Å². The summed E-state index contributed by atoms with van der Waals surface area (Å²) in [4.78, 5) is 21.8. The number of benzene rings is 1. The van der Waals surface area contributed by atoms with Crippen LogP contribution in [0.15, 0.2) is 42.6 Å². The molecule has 0 radical (unpaired) electrons. The first kappa shape index (κ1) is 20.8. The molecule has 0 N–H and O–H groups in total. The molecule has 4 rings (SSSR count). The van der Waals surface area contributed by atoms with E-state index in [0.29, 0.717) is 32.5 Å². The second-order valence-corrected chi connectivity index (χ2v) is 10.5. The maximum absolute atomic E-state index is 13.5. The molecule has 2 saturated heterocycles. The summed E-state index contributed by atoms with van der Waals surface area (Å²) < 4.78 is 37.0. The fraction of sp³-hybridized carbons (Fsp3) is 0.455. The number of aryl methyl sites for hydroxylation is 1. The van der Waals surface area contributed by atoms with Gasteiger partial charge in [-0.2, -0.15) is 0 Å². The van der Waals surface area contributed by atoms with Gasteiger partial charge in [0.15, 0.2) is 0 Å². The van der Waals surface area contributed by atoms with E-state index in [2.05, 4.69) is 9.88 Å². The number of rotatable bonds is 3. The van der Waals surface area contributed by atoms with E-state index in [1.54, 1.807) is 12.1 Å². The molecule has 2 fully saturated rings. The van der Waals surface area contributed by atoms with Crippen LogP contribution in [0.5, 0.6) is 0 Å². The molecule has 1 atom stereocenters. The number of aromatic nitrogens is 1. The van der Waals surface area contributed by atoms with Crippen LogP contribution in [0.4, 0.5) is 10.2 Å². The summed E-state index contributed by atoms with van der Waals surface area (Å²) in [5.41, 5.74) is 1.94. The highest BCUT2D eigenvalue weighted by Crippen LogP contribution is 2.31. The molecular weight excluding hydrogens is 405 g/mol. The van der Waals surface area contributed by atoms with Gasteiger partial charge in [0.1, 0.15) is 21.5 Å². The van der Waals surface area contributed by atoms with Crippen LogP contribution in [0, 0.1) is 18.7 Å². The zero-order chi connectivity index (χ0) is 21.3. The Morgan fingerprint density at radius 1 is 1.07 bits per heavy atom. The van der Waals surface area contributed by atoms with Gasteiger partial charge in [0, 0.05) is 31.7 Å². The van der Waals surface area contributed by atoms with Crippen molar-refractivity contribution in [2.24, 2.45) is 5.92 Å². The Morgan fingerprint density at radius 2 is 1.77 bits per heavy atom. The van der Waals surface area contributed by atoms with Crippen molar-refractivity contribution in [3.8, 4) is 0 Å². The average molecular weight is 432 g/mol. The standard InChI is InChI=1S/C22H26FN3O3S/c1-16-2-7-21(24-14-16)25-10-11-26(20(15-25)17-3-5-19(23)6-4-17)22(27)18-8-12-30(28,29)13-9-18/h2-7,14,18,20H,8-13,15H2,1H3. The Balaban J connectivity index is 1.58. The summed E-state index contributed by atoms with van der Waals surface area (Å²) in [5, 5.41) is 0. The Labute approximate surface area is 176 Å². The molecule has 0 bridgehead atoms. The molecule has 0 aliphatic carbocycles. The maximum Gasteiger partial charge on any atom is 0.226 e. The van der Waals surface area contributed by atoms with Gasteiger partial charge in [-0.1, -0.05) is 18.2 Å². The number of hydrogen-bond acceptors (Lipinski definition) is 5. The summed E-state index contributed by atoms with van der Waals surface area (Å²) in [6.45, 7) is 3.70. The van der Waals surface area contributed by atoms with Crippen molar-refractivity contribution in [3.05, 3.63) is 59.5 Å². The van der Waals surface area contributed by atoms with Crippen molar-refractivity contribution in [1.82, 2.24) is 9.88 Å². The third kappa shape index (κ3) is 4.48. The summed E-state index contributed by atoms with van der Waals surface area (Å²) >= 11 is 0. The van der Waals surface area contributed by atoms with Gasteiger partial charge in [0.25, 0.3) is 0 Å². The van der Waals surface area contributed by atoms with Crippen LogP contribution < -0.4 is 4.90 Å². The monoisotopic (exact) mass is 431 g/mol. The molecule has 0 spiro atoms. The molecule has 1 aromatic carbocycles. The quantitative estimate of drug-likeness (QED) is 0.747. The van der Waals surface area contributed by atoms with Crippen LogP contribution in [-0.2, 0) is 14.6 Å². The van der Waals surface area contributed by atoms with E-state index >= 15 is 0 Å². The highest BCUT2D eigenvalue weighted by atomic mass is 32.2. The van der Waals surface area contributed by atoms with Gasteiger partial charge in [-0.3, -0.25) is 4.79 Å². The lowest BCUT2D eigenvalue weighted by Crippen LogP contribution is -2.53. The van der Waals surface area contributed by atoms with E-state index in [0.717, 1.165) is 16.9 Å². The molecule has 1 aromatic heterocycles. The zero-order valence-electron chi connectivity index (χ0n) is 17.0. The van der Waals surface area contributed by atoms with Crippen LogP contribution in [0.25, 0.3) is 0 Å². The number of hydrogen-bond donors (Lipinski definition) is 0. The number of nitrogens with zero attached hydrogens (tertiary/aromatic N) is 3. The van der Waals surface area contributed by atoms with Crippen LogP contribution in [0.3, 0.4) is 0 Å². The van der Waals surface area contributed by atoms with Crippen molar-refractivity contribution in [1.29, 1.82) is 0 Å². The van der Waals surface area contributed by atoms with Crippen LogP contribution in [0.1, 0.15) is 30.0 Å². The number of amides is 1. The molecule has 2 aliphatic rings. The minimum Gasteiger partial charge on any atom is -0.352 e. The number of halogens is 1. The van der Waals surface area contributed by atoms with Crippen molar-refractivity contribution in [2.75, 3.05) is 36.0 Å². The van der Waals surface area contributed by atoms with Crippen LogP contribution in [-0.4, -0.2) is 55.3 Å². The summed E-state index contributed by atoms with van der Waals surface area (Å²) in [5.74, 6) is 0.386. The van der Waals surface area contributed by atoms with Gasteiger partial charge in [-0.25, -0.2) is 17.8 Å². The molecule has 6 nitrogen and oxygen atoms in total. The Hall–Kier alpha value is -2.48. The second kappa shape index (κ2) is 8.34. The predicted octanol–water partition coefficient (Wildman–Crippen LogP) is 2.74. The van der Waals surface area contributed by atoms with E-state index < -0.39 is 9.84 Å². The third-order valence-electron chi connectivity index (χ3n) is 6.04. The molecule has 1 unspecified atom stereocenters. The second-order valence-electron chi connectivity index (χ2n) is 8.16. The number of sulfone groups is 1. The highest BCUT2D eigenvalue weighted by molar-refractivity contribution is 7.91. The fourth-order valence-electron chi connectivity index (χ4n) is 4.24. The smallest absolute Gasteiger partial charge is 0.226 e. The van der Waals surface area contributed by atoms with Crippen molar-refractivity contribution in [3.63, 3.8) is 0 Å². The summed E-state index contributed by atoms with van der Waals surface area (Å²) in [6, 6.07) is 10.0. The van der Waals surface area contributed by atoms with Gasteiger partial charge in [0.05, 0.1) is 17.5 Å². The van der Waals surface area contributed by atoms with E-state index in [1.165, 1.54) is 12.1 Å². The van der Waals surface area contributed by atoms with Crippen LogP contribution >= 0.6 is 0 Å². The maximum atomic E-state index is 13.5. The minimum atomic E-state index is -3.03. The Morgan fingerprint density at radius 3 is 2.40 bits per heavy atom. The molecule has 8 heteroatoms. The van der Waals surface area contributed by atoms with Gasteiger partial charge in [0.2, 0.25) is 5.91 Å². The molecule has 2 aromatic rings. The largest absolute Gasteiger partial charge is 0.352 e. The lowest BCUT2D eigenvalue weighted by Gasteiger charge is -2.43. The lowest BCUT2D eigenvalue weighted by atomic mass is 9.96. The zero-order valence-corrected chi connectivity index (χ0v) is 17.8. The van der Waals surface area contributed by atoms with E-state index in [4.69, 9.17) is 0 Å². The predicted molar refractivity (Wildman–Crippen MR) is 113 cm³/mol. The number of anilines is 1. The molecule has 160 valence electrons. The number of pyridine rings is 1. The average Bonchev–Trinajstić information content (AvgIpc) is 2.74. The fourth-order valence-corrected chi connectivity index (χ4v) is 5.73. The topological polar surface area (TPSA) is 70.6 Å². The highest BCUT2D eigenvalue weighted by Gasteiger charge is 2.37. The van der Waals surface area contributed by atoms with Gasteiger partial charge in [-0.15, -0.1) is 0 Å². The third-order valence-corrected chi connectivity index (χ3v) is 7.76. The van der Waals surface area contributed by atoms with Crippen molar-refractivity contribution < 1.29 is 17.6 Å². The van der Waals surface area contributed by atoms with E-state index in [1.807, 2.05) is 30.2 Å². The van der Waals surface area contributed by atoms with E-state index in [-0.39, 0.29) is 35.2 Å². The first-order valence-corrected chi connectivity index (χ1v) is 12.1. The van der Waals surface area contributed by atoms with Crippen LogP contribution in [0.2, 0.25) is 0 Å². The normalized spacial score (nSPS) is 22.1. The SMILES string of the molecule is Cc1ccc(N2CCN(C(=O)C3CCS(=O)(=O)CC3)C(c3ccc(F)cc3)C2)nc1. The number of carbonyl (C=O) groups is 1. The molecule has 30 heavy (non-hydrogen) atoms. The summed E-state index contributed by atoms with van der Waals surface area (Å²) in [6.07, 6.45) is 2.57. The molecule has 1 amide bonds. The van der Waals surface area contributed by atoms with Gasteiger partial charge >= 0.3 is 0 Å². The Bertz CT molecular complexity index is 995. The first-order chi connectivity index (χ1) is 14.3. The lowest BCUT2D eigenvalue weighted by molar-refractivity contribution is -0.138. The van der Waals surface area contributed by atoms with Gasteiger partial charge in [-0.05, 0) is 49.1 Å². The van der Waals surface area contributed by atoms with Gasteiger partial charge < -0.3 is 9.80 Å². The molecule has 0 saturated carbocycles. The molecule has 2 aliphatic heterocycles.